The zero-order valence-corrected chi connectivity index (χ0v) is 68.0. The SMILES string of the molecule is CC.CC.CC.CC.CC.CC.CC.CC.Cc1cc2c3ccccc3c(C)cc2c2ccccc12.Cc1cc2ccc3cc(C)cc4ccc(c1)c2c34.Cc1ccc2c(C)cccc2c1.Cc1ccc2ccc(C)cc2c1.Cc1cnc2c(C)cccc2c1.Cc1cnc2cc(C)ccc2c1. The normalized spacial score (nSPS) is 9.76. The van der Waals surface area contributed by atoms with E-state index < -0.39 is 0 Å². The van der Waals surface area contributed by atoms with Crippen LogP contribution in [0, 0.1) is 83.1 Å². The van der Waals surface area contributed by atoms with Gasteiger partial charge in [0.2, 0.25) is 0 Å². The van der Waals surface area contributed by atoms with Crippen molar-refractivity contribution in [2.24, 2.45) is 0 Å². The van der Waals surface area contributed by atoms with Gasteiger partial charge in [-0.3, -0.25) is 9.97 Å². The minimum absolute atomic E-state index is 1.08. The number of fused-ring (bicyclic) bond motifs is 9. The van der Waals surface area contributed by atoms with E-state index in [1.54, 1.807) is 0 Å². The van der Waals surface area contributed by atoms with Crippen molar-refractivity contribution >= 4 is 108 Å². The van der Waals surface area contributed by atoms with E-state index >= 15 is 0 Å². The first-order valence-corrected chi connectivity index (χ1v) is 38.1. The van der Waals surface area contributed by atoms with Gasteiger partial charge in [-0.25, -0.2) is 0 Å². The van der Waals surface area contributed by atoms with Crippen LogP contribution in [-0.4, -0.2) is 9.97 Å². The molecule has 2 heterocycles. The van der Waals surface area contributed by atoms with E-state index in [0.29, 0.717) is 0 Å². The van der Waals surface area contributed by atoms with Crippen molar-refractivity contribution in [2.75, 3.05) is 0 Å². The fourth-order valence-electron chi connectivity index (χ4n) is 12.3. The van der Waals surface area contributed by atoms with E-state index in [0.717, 1.165) is 11.0 Å². The molecule has 0 fully saturated rings. The predicted octanol–water partition coefficient (Wildman–Crippen LogP) is 31.8. The standard InChI is InChI=1S/C20H16.C18H14.2C12H12.2C11H11N.8C2H6/c1-13-11-19-18-10-6-4-8-16(18)14(2)12-20(19)17-9-5-3-7-15(13)17;1-11-7-13-3-5-15-9-12(2)10-16-6-4-14(8-11)17(13)18(15)16;1-9-3-5-11-6-4-10(2)8-12(11)7-9;1-9-6-7-12-10(2)4-3-5-11(12)8-9;1-8-3-4-10-5-9(2)7-12-11(10)6-8;1-8-6-10-5-3-4-9(2)11(10)12-7-8;8*1-2/h3-12H,1-2H3;3-10H,1-2H3;2*3-8H,1-2H3;2*3-7H,1-2H3;8*1-2H3. The zero-order valence-electron chi connectivity index (χ0n) is 68.0. The highest BCUT2D eigenvalue weighted by atomic mass is 14.7. The Hall–Kier alpha value is -9.76. The molecule has 14 aromatic carbocycles. The van der Waals surface area contributed by atoms with E-state index in [1.165, 1.54) is 164 Å². The topological polar surface area (TPSA) is 25.8 Å². The Kier molecular flexibility index (Phi) is 38.3. The summed E-state index contributed by atoms with van der Waals surface area (Å²) < 4.78 is 0. The number of nitrogens with zero attached hydrogens (tertiary/aromatic N) is 2. The Morgan fingerprint density at radius 1 is 0.176 bits per heavy atom. The van der Waals surface area contributed by atoms with E-state index in [4.69, 9.17) is 0 Å². The van der Waals surface area contributed by atoms with Gasteiger partial charge in [0.25, 0.3) is 0 Å². The lowest BCUT2D eigenvalue weighted by molar-refractivity contribution is 1.31. The van der Waals surface area contributed by atoms with Crippen molar-refractivity contribution in [3.63, 3.8) is 0 Å². The molecule has 0 spiro atoms. The maximum absolute atomic E-state index is 4.38. The molecule has 2 nitrogen and oxygen atoms in total. The fourth-order valence-corrected chi connectivity index (χ4v) is 12.3. The maximum Gasteiger partial charge on any atom is 0.0731 e. The predicted molar refractivity (Wildman–Crippen MR) is 468 cm³/mol. The lowest BCUT2D eigenvalue weighted by atomic mass is 9.92. The molecule has 0 saturated carbocycles. The first-order chi connectivity index (χ1) is 49.5. The van der Waals surface area contributed by atoms with Crippen LogP contribution >= 0.6 is 0 Å². The Labute approximate surface area is 617 Å². The Morgan fingerprint density at radius 2 is 0.500 bits per heavy atom. The van der Waals surface area contributed by atoms with Gasteiger partial charge in [0.05, 0.1) is 11.0 Å². The van der Waals surface area contributed by atoms with Crippen LogP contribution in [-0.2, 0) is 0 Å². The molecule has 0 aliphatic heterocycles. The van der Waals surface area contributed by atoms with Gasteiger partial charge in [-0.1, -0.05) is 340 Å². The lowest BCUT2D eigenvalue weighted by Gasteiger charge is -2.12. The quantitative estimate of drug-likeness (QED) is 0.141. The van der Waals surface area contributed by atoms with Crippen molar-refractivity contribution in [2.45, 2.75) is 194 Å². The third-order valence-electron chi connectivity index (χ3n) is 16.5. The third-order valence-corrected chi connectivity index (χ3v) is 16.5. The number of benzene rings is 14. The molecule has 102 heavy (non-hydrogen) atoms. The highest BCUT2D eigenvalue weighted by Crippen LogP contribution is 2.37. The van der Waals surface area contributed by atoms with E-state index in [1.807, 2.05) is 123 Å². The van der Waals surface area contributed by atoms with Gasteiger partial charge in [-0.2, -0.15) is 0 Å². The fraction of sp³-hybridized carbons (Fsp3) is 0.280. The Balaban J connectivity index is 0.000000309. The van der Waals surface area contributed by atoms with Crippen molar-refractivity contribution in [1.82, 2.24) is 9.97 Å². The smallest absolute Gasteiger partial charge is 0.0731 e. The van der Waals surface area contributed by atoms with Crippen LogP contribution in [0.3, 0.4) is 0 Å². The van der Waals surface area contributed by atoms with Crippen LogP contribution in [0.25, 0.3) is 108 Å². The van der Waals surface area contributed by atoms with Crippen LogP contribution in [0.5, 0.6) is 0 Å². The highest BCUT2D eigenvalue weighted by Gasteiger charge is 2.11. The van der Waals surface area contributed by atoms with Gasteiger partial charge in [0.1, 0.15) is 0 Å². The van der Waals surface area contributed by atoms with Crippen molar-refractivity contribution in [3.8, 4) is 0 Å². The molecule has 0 radical (unpaired) electrons. The monoisotopic (exact) mass is 1350 g/mol. The second-order valence-electron chi connectivity index (χ2n) is 23.9. The first-order valence-electron chi connectivity index (χ1n) is 38.1. The second-order valence-corrected chi connectivity index (χ2v) is 23.9. The van der Waals surface area contributed by atoms with Gasteiger partial charge in [0, 0.05) is 23.2 Å². The van der Waals surface area contributed by atoms with Crippen molar-refractivity contribution in [3.05, 3.63) is 310 Å². The minimum Gasteiger partial charge on any atom is -0.256 e. The molecule has 2 heteroatoms. The van der Waals surface area contributed by atoms with E-state index in [-0.39, 0.29) is 0 Å². The van der Waals surface area contributed by atoms with E-state index in [2.05, 4.69) is 324 Å². The molecule has 0 unspecified atom stereocenters. The summed E-state index contributed by atoms with van der Waals surface area (Å²) in [5, 5.41) is 24.2. The maximum atomic E-state index is 4.38. The molecule has 0 N–H and O–H groups in total. The second kappa shape index (κ2) is 45.2. The molecule has 0 aliphatic rings. The molecule has 16 aromatic rings. The van der Waals surface area contributed by atoms with Crippen molar-refractivity contribution < 1.29 is 0 Å². The molecule has 0 aliphatic carbocycles. The summed E-state index contributed by atoms with van der Waals surface area (Å²) in [7, 11) is 0. The number of rotatable bonds is 0. The third kappa shape index (κ3) is 23.1. The summed E-state index contributed by atoms with van der Waals surface area (Å²) in [6.45, 7) is 57.6. The van der Waals surface area contributed by atoms with Crippen LogP contribution in [0.4, 0.5) is 0 Å². The first kappa shape index (κ1) is 86.5. The average molecular weight is 1350 g/mol. The largest absolute Gasteiger partial charge is 0.256 e. The number of para-hydroxylation sites is 1. The molecule has 0 amide bonds. The zero-order chi connectivity index (χ0) is 76.2. The number of hydrogen-bond acceptors (Lipinski definition) is 2. The van der Waals surface area contributed by atoms with Crippen molar-refractivity contribution in [1.29, 1.82) is 0 Å². The minimum atomic E-state index is 1.08. The summed E-state index contributed by atoms with van der Waals surface area (Å²) in [5.74, 6) is 0. The number of aromatic nitrogens is 2. The molecule has 16 rings (SSSR count). The van der Waals surface area contributed by atoms with Crippen LogP contribution in [0.2, 0.25) is 0 Å². The number of pyridine rings is 2. The molecular weight excluding hydrogens is 1230 g/mol. The van der Waals surface area contributed by atoms with Crippen LogP contribution in [0.1, 0.15) is 178 Å². The summed E-state index contributed by atoms with van der Waals surface area (Å²) in [5.41, 5.74) is 17.8. The van der Waals surface area contributed by atoms with Gasteiger partial charge in [-0.05, 0) is 238 Å². The van der Waals surface area contributed by atoms with Crippen LogP contribution in [0.15, 0.2) is 243 Å². The van der Waals surface area contributed by atoms with Gasteiger partial charge in [-0.15, -0.1) is 0 Å². The average Bonchev–Trinajstić information content (AvgIpc) is 0.755. The Morgan fingerprint density at radius 3 is 0.941 bits per heavy atom. The lowest BCUT2D eigenvalue weighted by Crippen LogP contribution is -1.86. The molecule has 534 valence electrons. The summed E-state index contributed by atoms with van der Waals surface area (Å²) in [6.07, 6.45) is 3.82. The Bertz CT molecular complexity index is 4740. The molecular formula is C100H124N2. The van der Waals surface area contributed by atoms with Gasteiger partial charge in [0.15, 0.2) is 0 Å². The van der Waals surface area contributed by atoms with E-state index in [9.17, 15) is 0 Å². The number of aryl methyl sites for hydroxylation is 12. The van der Waals surface area contributed by atoms with Crippen LogP contribution < -0.4 is 0 Å². The number of hydrogen-bond donors (Lipinski definition) is 0. The highest BCUT2D eigenvalue weighted by molar-refractivity contribution is 6.23. The molecule has 0 atom stereocenters. The molecule has 0 bridgehead atoms. The summed E-state index contributed by atoms with van der Waals surface area (Å²) in [4.78, 5) is 8.72. The van der Waals surface area contributed by atoms with Gasteiger partial charge < -0.3 is 0 Å². The molecule has 0 saturated heterocycles. The molecule has 2 aromatic heterocycles. The summed E-state index contributed by atoms with van der Waals surface area (Å²) in [6, 6.07) is 83.2. The summed E-state index contributed by atoms with van der Waals surface area (Å²) >= 11 is 0. The van der Waals surface area contributed by atoms with Gasteiger partial charge >= 0.3 is 0 Å².